The Morgan fingerprint density at radius 2 is 1.58 bits per heavy atom. The maximum atomic E-state index is 2.22. The van der Waals surface area contributed by atoms with Crippen molar-refractivity contribution in [3.8, 4) is 0 Å². The largest absolute Gasteiger partial charge is 0.0785 e. The fraction of sp³-hybridized carbons (Fsp3) is 0.333. The van der Waals surface area contributed by atoms with Crippen molar-refractivity contribution in [2.75, 3.05) is 0 Å². The van der Waals surface area contributed by atoms with Crippen LogP contribution in [-0.2, 0) is 0 Å². The number of hydrogen-bond acceptors (Lipinski definition) is 0. The predicted octanol–water partition coefficient (Wildman–Crippen LogP) is 3.75. The van der Waals surface area contributed by atoms with Gasteiger partial charge in [0.1, 0.15) is 0 Å². The Labute approximate surface area is 74.9 Å². The van der Waals surface area contributed by atoms with Crippen LogP contribution in [0, 0.1) is 5.41 Å². The minimum absolute atomic E-state index is 0.274. The van der Waals surface area contributed by atoms with E-state index in [1.54, 1.807) is 0 Å². The Hall–Kier alpha value is -1.04. The summed E-state index contributed by atoms with van der Waals surface area (Å²) in [4.78, 5) is 0. The Bertz CT molecular complexity index is 249. The Morgan fingerprint density at radius 1 is 1.00 bits per heavy atom. The summed E-state index contributed by atoms with van der Waals surface area (Å²) in [7, 11) is 0. The molecule has 0 aliphatic rings. The van der Waals surface area contributed by atoms with E-state index in [2.05, 4.69) is 57.2 Å². The van der Waals surface area contributed by atoms with E-state index in [0.29, 0.717) is 0 Å². The van der Waals surface area contributed by atoms with Crippen molar-refractivity contribution in [2.45, 2.75) is 20.8 Å². The van der Waals surface area contributed by atoms with E-state index in [-0.39, 0.29) is 5.41 Å². The zero-order valence-corrected chi connectivity index (χ0v) is 8.04. The lowest BCUT2D eigenvalue weighted by Crippen LogP contribution is -1.97. The van der Waals surface area contributed by atoms with Crippen LogP contribution >= 0.6 is 0 Å². The smallest absolute Gasteiger partial charge is 0.0200 e. The van der Waals surface area contributed by atoms with Gasteiger partial charge in [-0.15, -0.1) is 0 Å². The average molecular weight is 160 g/mol. The van der Waals surface area contributed by atoms with Gasteiger partial charge in [0, 0.05) is 0 Å². The summed E-state index contributed by atoms with van der Waals surface area (Å²) >= 11 is 0. The van der Waals surface area contributed by atoms with Crippen molar-refractivity contribution >= 4 is 6.08 Å². The molecule has 0 radical (unpaired) electrons. The van der Waals surface area contributed by atoms with Gasteiger partial charge < -0.3 is 0 Å². The van der Waals surface area contributed by atoms with Gasteiger partial charge in [-0.05, 0) is 11.0 Å². The normalized spacial score (nSPS) is 12.2. The zero-order chi connectivity index (χ0) is 9.03. The monoisotopic (exact) mass is 160 g/mol. The molecule has 0 fully saturated rings. The van der Waals surface area contributed by atoms with E-state index in [1.807, 2.05) is 6.07 Å². The van der Waals surface area contributed by atoms with Gasteiger partial charge in [-0.25, -0.2) is 0 Å². The van der Waals surface area contributed by atoms with Crippen LogP contribution in [0.1, 0.15) is 26.3 Å². The van der Waals surface area contributed by atoms with Gasteiger partial charge in [-0.1, -0.05) is 63.3 Å². The number of allylic oxidation sites excluding steroid dienone is 1. The molecule has 1 aromatic carbocycles. The van der Waals surface area contributed by atoms with Crippen LogP contribution in [0.3, 0.4) is 0 Å². The number of rotatable bonds is 1. The van der Waals surface area contributed by atoms with Crippen molar-refractivity contribution < 1.29 is 0 Å². The van der Waals surface area contributed by atoms with Gasteiger partial charge in [0.2, 0.25) is 0 Å². The maximum Gasteiger partial charge on any atom is -0.0200 e. The number of hydrogen-bond donors (Lipinski definition) is 0. The lowest BCUT2D eigenvalue weighted by Gasteiger charge is -2.10. The molecule has 0 saturated carbocycles. The minimum Gasteiger partial charge on any atom is -0.0785 e. The first-order valence-electron chi connectivity index (χ1n) is 4.32. The molecule has 0 heteroatoms. The number of benzene rings is 1. The third kappa shape index (κ3) is 3.38. The molecular formula is C12H16. The van der Waals surface area contributed by atoms with Gasteiger partial charge in [0.25, 0.3) is 0 Å². The Balaban J connectivity index is 2.71. The molecule has 0 aliphatic carbocycles. The van der Waals surface area contributed by atoms with Gasteiger partial charge in [0.15, 0.2) is 0 Å². The second-order valence-corrected chi connectivity index (χ2v) is 4.11. The molecule has 0 spiro atoms. The highest BCUT2D eigenvalue weighted by atomic mass is 14.1. The SMILES string of the molecule is CC(C)(C)/C=C\c1ccccc1. The molecule has 0 unspecified atom stereocenters. The Morgan fingerprint density at radius 3 is 2.08 bits per heavy atom. The molecule has 64 valence electrons. The highest BCUT2D eigenvalue weighted by Gasteiger charge is 2.02. The molecule has 0 aromatic heterocycles. The summed E-state index contributed by atoms with van der Waals surface area (Å²) < 4.78 is 0. The average Bonchev–Trinajstić information content (AvgIpc) is 2.02. The zero-order valence-electron chi connectivity index (χ0n) is 8.04. The lowest BCUT2D eigenvalue weighted by atomic mass is 9.95. The van der Waals surface area contributed by atoms with Crippen LogP contribution in [0.2, 0.25) is 0 Å². The molecule has 1 aromatic rings. The summed E-state index contributed by atoms with van der Waals surface area (Å²) in [5.41, 5.74) is 1.54. The van der Waals surface area contributed by atoms with Crippen molar-refractivity contribution in [1.82, 2.24) is 0 Å². The molecule has 1 rings (SSSR count). The summed E-state index contributed by atoms with van der Waals surface area (Å²) in [5, 5.41) is 0. The Kier molecular flexibility index (Phi) is 2.69. The fourth-order valence-corrected chi connectivity index (χ4v) is 0.910. The fourth-order valence-electron chi connectivity index (χ4n) is 0.910. The van der Waals surface area contributed by atoms with Crippen molar-refractivity contribution in [3.63, 3.8) is 0 Å². The molecule has 0 heterocycles. The maximum absolute atomic E-state index is 2.22. The second-order valence-electron chi connectivity index (χ2n) is 4.11. The summed E-state index contributed by atoms with van der Waals surface area (Å²) in [6.07, 6.45) is 4.39. The third-order valence-electron chi connectivity index (χ3n) is 1.58. The molecule has 12 heavy (non-hydrogen) atoms. The highest BCUT2D eigenvalue weighted by molar-refractivity contribution is 5.49. The van der Waals surface area contributed by atoms with E-state index in [9.17, 15) is 0 Å². The van der Waals surface area contributed by atoms with Crippen LogP contribution < -0.4 is 0 Å². The van der Waals surface area contributed by atoms with Crippen molar-refractivity contribution in [1.29, 1.82) is 0 Å². The summed E-state index contributed by atoms with van der Waals surface area (Å²) in [5.74, 6) is 0. The second kappa shape index (κ2) is 3.57. The van der Waals surface area contributed by atoms with Crippen molar-refractivity contribution in [2.24, 2.45) is 5.41 Å². The van der Waals surface area contributed by atoms with E-state index < -0.39 is 0 Å². The van der Waals surface area contributed by atoms with E-state index in [4.69, 9.17) is 0 Å². The third-order valence-corrected chi connectivity index (χ3v) is 1.58. The highest BCUT2D eigenvalue weighted by Crippen LogP contribution is 2.16. The molecule has 0 N–H and O–H groups in total. The molecule has 0 nitrogen and oxygen atoms in total. The molecule has 0 amide bonds. The summed E-state index contributed by atoms with van der Waals surface area (Å²) in [6, 6.07) is 10.4. The van der Waals surface area contributed by atoms with Gasteiger partial charge >= 0.3 is 0 Å². The molecule has 0 bridgehead atoms. The molecule has 0 atom stereocenters. The van der Waals surface area contributed by atoms with Gasteiger partial charge in [-0.3, -0.25) is 0 Å². The van der Waals surface area contributed by atoms with Crippen molar-refractivity contribution in [3.05, 3.63) is 42.0 Å². The van der Waals surface area contributed by atoms with Crippen LogP contribution in [-0.4, -0.2) is 0 Å². The first-order valence-corrected chi connectivity index (χ1v) is 4.32. The van der Waals surface area contributed by atoms with Crippen LogP contribution in [0.25, 0.3) is 6.08 Å². The molecule has 0 aliphatic heterocycles. The first kappa shape index (κ1) is 9.05. The topological polar surface area (TPSA) is 0 Å². The van der Waals surface area contributed by atoms with E-state index in [1.165, 1.54) is 5.56 Å². The van der Waals surface area contributed by atoms with Gasteiger partial charge in [0.05, 0.1) is 0 Å². The van der Waals surface area contributed by atoms with Crippen LogP contribution in [0.15, 0.2) is 36.4 Å². The van der Waals surface area contributed by atoms with E-state index in [0.717, 1.165) is 0 Å². The minimum atomic E-state index is 0.274. The lowest BCUT2D eigenvalue weighted by molar-refractivity contribution is 0.547. The predicted molar refractivity (Wildman–Crippen MR) is 54.9 cm³/mol. The summed E-state index contributed by atoms with van der Waals surface area (Å²) in [6.45, 7) is 6.60. The molecule has 0 saturated heterocycles. The van der Waals surface area contributed by atoms with Crippen LogP contribution in [0.5, 0.6) is 0 Å². The van der Waals surface area contributed by atoms with Gasteiger partial charge in [-0.2, -0.15) is 0 Å². The van der Waals surface area contributed by atoms with E-state index >= 15 is 0 Å². The quantitative estimate of drug-likeness (QED) is 0.587. The first-order chi connectivity index (χ1) is 5.58. The standard InChI is InChI=1S/C12H16/c1-12(2,3)10-9-11-7-5-4-6-8-11/h4-10H,1-3H3/b10-9-. The van der Waals surface area contributed by atoms with Crippen LogP contribution in [0.4, 0.5) is 0 Å². The molecular weight excluding hydrogens is 144 g/mol.